The van der Waals surface area contributed by atoms with Gasteiger partial charge in [-0.2, -0.15) is 0 Å². The van der Waals surface area contributed by atoms with Gasteiger partial charge in [0.15, 0.2) is 0 Å². The average Bonchev–Trinajstić information content (AvgIpc) is 2.42. The molecular weight excluding hydrogens is 261 g/mol. The van der Waals surface area contributed by atoms with Crippen LogP contribution in [0.4, 0.5) is 4.39 Å². The summed E-state index contributed by atoms with van der Waals surface area (Å²) < 4.78 is 13.2. The summed E-state index contributed by atoms with van der Waals surface area (Å²) in [5.41, 5.74) is 0.536. The number of piperidine rings is 1. The topological polar surface area (TPSA) is 20.3 Å². The molecule has 2 rings (SSSR count). The number of benzene rings is 1. The van der Waals surface area contributed by atoms with E-state index in [0.717, 1.165) is 32.2 Å². The SMILES string of the molecule is CCCC1CCCCN1C(=O)c1ccc(F)c(S)c1. The highest BCUT2D eigenvalue weighted by Gasteiger charge is 2.26. The van der Waals surface area contributed by atoms with E-state index < -0.39 is 0 Å². The molecule has 0 bridgehead atoms. The van der Waals surface area contributed by atoms with Gasteiger partial charge >= 0.3 is 0 Å². The van der Waals surface area contributed by atoms with E-state index in [2.05, 4.69) is 19.6 Å². The maximum Gasteiger partial charge on any atom is 0.254 e. The van der Waals surface area contributed by atoms with Crippen molar-refractivity contribution in [3.05, 3.63) is 29.6 Å². The first-order chi connectivity index (χ1) is 9.13. The Morgan fingerprint density at radius 1 is 1.47 bits per heavy atom. The Hall–Kier alpha value is -1.03. The lowest BCUT2D eigenvalue weighted by Gasteiger charge is -2.36. The summed E-state index contributed by atoms with van der Waals surface area (Å²) in [6.07, 6.45) is 5.45. The Labute approximate surface area is 119 Å². The van der Waals surface area contributed by atoms with Gasteiger partial charge in [-0.3, -0.25) is 4.79 Å². The van der Waals surface area contributed by atoms with E-state index in [4.69, 9.17) is 0 Å². The average molecular weight is 281 g/mol. The number of hydrogen-bond donors (Lipinski definition) is 1. The van der Waals surface area contributed by atoms with E-state index >= 15 is 0 Å². The minimum Gasteiger partial charge on any atom is -0.336 e. The van der Waals surface area contributed by atoms with Gasteiger partial charge in [0.2, 0.25) is 0 Å². The molecule has 1 aliphatic rings. The van der Waals surface area contributed by atoms with Crippen LogP contribution in [0.15, 0.2) is 23.1 Å². The zero-order valence-electron chi connectivity index (χ0n) is 11.2. The van der Waals surface area contributed by atoms with Crippen molar-refractivity contribution in [2.24, 2.45) is 0 Å². The van der Waals surface area contributed by atoms with Gasteiger partial charge in [0.25, 0.3) is 5.91 Å². The third-order valence-corrected chi connectivity index (χ3v) is 4.05. The largest absolute Gasteiger partial charge is 0.336 e. The van der Waals surface area contributed by atoms with Gasteiger partial charge in [-0.05, 0) is 43.9 Å². The molecule has 0 aliphatic carbocycles. The molecule has 0 saturated carbocycles. The number of thiol groups is 1. The number of carbonyl (C=O) groups excluding carboxylic acids is 1. The molecule has 0 spiro atoms. The summed E-state index contributed by atoms with van der Waals surface area (Å²) >= 11 is 4.04. The number of halogens is 1. The third-order valence-electron chi connectivity index (χ3n) is 3.70. The molecule has 4 heteroatoms. The number of hydrogen-bond acceptors (Lipinski definition) is 2. The lowest BCUT2D eigenvalue weighted by Crippen LogP contribution is -2.43. The number of nitrogens with zero attached hydrogens (tertiary/aromatic N) is 1. The van der Waals surface area contributed by atoms with Gasteiger partial charge < -0.3 is 4.90 Å². The molecule has 0 N–H and O–H groups in total. The van der Waals surface area contributed by atoms with Gasteiger partial charge in [-0.25, -0.2) is 4.39 Å². The maximum absolute atomic E-state index is 13.2. The molecule has 104 valence electrons. The minimum absolute atomic E-state index is 0.00782. The monoisotopic (exact) mass is 281 g/mol. The molecule has 1 aromatic rings. The van der Waals surface area contributed by atoms with Gasteiger partial charge in [0.05, 0.1) is 0 Å². The molecule has 2 nitrogen and oxygen atoms in total. The molecule has 1 atom stereocenters. The Morgan fingerprint density at radius 2 is 2.26 bits per heavy atom. The van der Waals surface area contributed by atoms with Crippen molar-refractivity contribution in [2.75, 3.05) is 6.54 Å². The van der Waals surface area contributed by atoms with Crippen molar-refractivity contribution in [1.29, 1.82) is 0 Å². The van der Waals surface area contributed by atoms with Gasteiger partial charge in [-0.1, -0.05) is 13.3 Å². The molecule has 1 amide bonds. The van der Waals surface area contributed by atoms with Crippen LogP contribution in [0.25, 0.3) is 0 Å². The second-order valence-corrected chi connectivity index (χ2v) is 5.58. The van der Waals surface area contributed by atoms with E-state index in [9.17, 15) is 9.18 Å². The zero-order chi connectivity index (χ0) is 13.8. The van der Waals surface area contributed by atoms with Crippen LogP contribution in [0.2, 0.25) is 0 Å². The van der Waals surface area contributed by atoms with E-state index in [0.29, 0.717) is 11.6 Å². The highest BCUT2D eigenvalue weighted by molar-refractivity contribution is 7.80. The first-order valence-corrected chi connectivity index (χ1v) is 7.37. The predicted octanol–water partition coefficient (Wildman–Crippen LogP) is 3.91. The molecule has 1 unspecified atom stereocenters. The Balaban J connectivity index is 2.18. The number of likely N-dealkylation sites (tertiary alicyclic amines) is 1. The fourth-order valence-corrected chi connectivity index (χ4v) is 2.93. The van der Waals surface area contributed by atoms with Crippen molar-refractivity contribution < 1.29 is 9.18 Å². The van der Waals surface area contributed by atoms with Crippen LogP contribution in [-0.2, 0) is 0 Å². The number of carbonyl (C=O) groups is 1. The molecule has 1 fully saturated rings. The molecule has 1 heterocycles. The minimum atomic E-state index is -0.386. The van der Waals surface area contributed by atoms with Crippen molar-refractivity contribution in [3.63, 3.8) is 0 Å². The molecule has 1 aliphatic heterocycles. The first kappa shape index (κ1) is 14.4. The van der Waals surface area contributed by atoms with Gasteiger partial charge in [-0.15, -0.1) is 12.6 Å². The second-order valence-electron chi connectivity index (χ2n) is 5.10. The van der Waals surface area contributed by atoms with Crippen LogP contribution >= 0.6 is 12.6 Å². The van der Waals surface area contributed by atoms with E-state index in [-0.39, 0.29) is 16.6 Å². The Kier molecular flexibility index (Phi) is 4.86. The quantitative estimate of drug-likeness (QED) is 0.833. The van der Waals surface area contributed by atoms with Crippen molar-refractivity contribution >= 4 is 18.5 Å². The lowest BCUT2D eigenvalue weighted by atomic mass is 9.97. The molecule has 19 heavy (non-hydrogen) atoms. The zero-order valence-corrected chi connectivity index (χ0v) is 12.1. The highest BCUT2D eigenvalue weighted by Crippen LogP contribution is 2.24. The fourth-order valence-electron chi connectivity index (χ4n) is 2.71. The van der Waals surface area contributed by atoms with E-state index in [1.807, 2.05) is 4.90 Å². The second kappa shape index (κ2) is 6.42. The van der Waals surface area contributed by atoms with Crippen molar-refractivity contribution in [2.45, 2.75) is 50.0 Å². The number of amides is 1. The summed E-state index contributed by atoms with van der Waals surface area (Å²) in [5, 5.41) is 0. The Morgan fingerprint density at radius 3 is 2.95 bits per heavy atom. The smallest absolute Gasteiger partial charge is 0.254 e. The molecule has 1 aromatic carbocycles. The van der Waals surface area contributed by atoms with Gasteiger partial charge in [0.1, 0.15) is 5.82 Å². The van der Waals surface area contributed by atoms with Crippen LogP contribution in [0.3, 0.4) is 0 Å². The van der Waals surface area contributed by atoms with E-state index in [1.54, 1.807) is 6.07 Å². The summed E-state index contributed by atoms with van der Waals surface area (Å²) in [5.74, 6) is -0.378. The van der Waals surface area contributed by atoms with Crippen molar-refractivity contribution in [1.82, 2.24) is 4.90 Å². The van der Waals surface area contributed by atoms with Crippen molar-refractivity contribution in [3.8, 4) is 0 Å². The summed E-state index contributed by atoms with van der Waals surface area (Å²) in [7, 11) is 0. The molecule has 0 radical (unpaired) electrons. The lowest BCUT2D eigenvalue weighted by molar-refractivity contribution is 0.0600. The van der Waals surface area contributed by atoms with Crippen LogP contribution in [0.1, 0.15) is 49.4 Å². The fraction of sp³-hybridized carbons (Fsp3) is 0.533. The normalized spacial score (nSPS) is 19.5. The van der Waals surface area contributed by atoms with Crippen LogP contribution in [0.5, 0.6) is 0 Å². The Bertz CT molecular complexity index is 461. The van der Waals surface area contributed by atoms with E-state index in [1.165, 1.54) is 18.6 Å². The molecule has 0 aromatic heterocycles. The molecule has 1 saturated heterocycles. The van der Waals surface area contributed by atoms with Gasteiger partial charge in [0, 0.05) is 23.0 Å². The standard InChI is InChI=1S/C15H20FNOS/c1-2-5-12-6-3-4-9-17(12)15(18)11-7-8-13(16)14(19)10-11/h7-8,10,12,19H,2-6,9H2,1H3. The summed E-state index contributed by atoms with van der Waals surface area (Å²) in [4.78, 5) is 14.7. The third kappa shape index (κ3) is 3.30. The summed E-state index contributed by atoms with van der Waals surface area (Å²) in [6.45, 7) is 2.95. The van der Waals surface area contributed by atoms with Crippen LogP contribution < -0.4 is 0 Å². The predicted molar refractivity (Wildman–Crippen MR) is 77.2 cm³/mol. The van der Waals surface area contributed by atoms with Crippen LogP contribution in [-0.4, -0.2) is 23.4 Å². The molecular formula is C15H20FNOS. The van der Waals surface area contributed by atoms with Crippen LogP contribution in [0, 0.1) is 5.82 Å². The maximum atomic E-state index is 13.2. The first-order valence-electron chi connectivity index (χ1n) is 6.93. The summed E-state index contributed by atoms with van der Waals surface area (Å²) in [6, 6.07) is 4.72. The number of rotatable bonds is 3. The highest BCUT2D eigenvalue weighted by atomic mass is 32.1.